The molecule has 0 radical (unpaired) electrons. The number of hydrogen-bond donors (Lipinski definition) is 2. The monoisotopic (exact) mass is 817 g/mol. The third-order valence-corrected chi connectivity index (χ3v) is 9.52. The summed E-state index contributed by atoms with van der Waals surface area (Å²) in [6, 6.07) is 38.1. The maximum atomic E-state index is 13.4. The van der Waals surface area contributed by atoms with Gasteiger partial charge in [-0.25, -0.2) is 30.8 Å². The predicted molar refractivity (Wildman–Crippen MR) is 219 cm³/mol. The molecule has 58 heavy (non-hydrogen) atoms. The Morgan fingerprint density at radius 1 is 0.517 bits per heavy atom. The van der Waals surface area contributed by atoms with Crippen LogP contribution in [0.1, 0.15) is 70.4 Å². The van der Waals surface area contributed by atoms with Gasteiger partial charge in [-0.15, -0.1) is 0 Å². The van der Waals surface area contributed by atoms with Crippen LogP contribution in [0.5, 0.6) is 0 Å². The Hall–Kier alpha value is -5.42. The Labute approximate surface area is 341 Å². The second-order valence-corrected chi connectivity index (χ2v) is 14.1. The molecule has 0 spiro atoms. The van der Waals surface area contributed by atoms with Gasteiger partial charge in [0.2, 0.25) is 6.41 Å². The van der Waals surface area contributed by atoms with E-state index in [1.165, 1.54) is 72.8 Å². The van der Waals surface area contributed by atoms with E-state index in [4.69, 9.17) is 17.5 Å². The molecule has 0 atom stereocenters. The van der Waals surface area contributed by atoms with Crippen molar-refractivity contribution < 1.29 is 31.1 Å². The highest BCUT2D eigenvalue weighted by Gasteiger charge is 2.18. The lowest BCUT2D eigenvalue weighted by molar-refractivity contribution is -0.109. The molecule has 6 rings (SSSR count). The number of nitrogens with one attached hydrogen (secondary N) is 1. The number of benzene rings is 6. The third kappa shape index (κ3) is 14.8. The largest absolute Gasteiger partial charge is 0.359 e. The van der Waals surface area contributed by atoms with Crippen LogP contribution in [0.15, 0.2) is 146 Å². The topological polar surface area (TPSA) is 58.4 Å². The van der Waals surface area contributed by atoms with E-state index in [1.807, 2.05) is 24.3 Å². The molecule has 0 unspecified atom stereocenters. The Bertz CT molecular complexity index is 2030. The minimum atomic E-state index is -0.327. The summed E-state index contributed by atoms with van der Waals surface area (Å²) >= 11 is 5.84. The van der Waals surface area contributed by atoms with Crippen molar-refractivity contribution in [2.45, 2.75) is 37.0 Å². The standard InChI is InChI=1S/C16H16ClF2N.C16H15F2NO.C15H15F2N/c1-20(17)9-8-16(12-4-2-6-14(18)10-12)13-5-3-7-15(19)11-13;17-14-5-1-3-12(9-14)16(7-8-19-11-20)13-4-2-6-15(18)10-13;16-13-5-1-3-11(9-13)15(7-8-18)12-4-2-6-14(17)10-12/h2-7,10-11,16H,8-9H2,1H3;1-6,9-11,16H,7-8H2,(H,19,20);1-6,9-10,15H,7-8,18H2. The van der Waals surface area contributed by atoms with Crippen LogP contribution < -0.4 is 11.1 Å². The van der Waals surface area contributed by atoms with Crippen molar-refractivity contribution >= 4 is 18.2 Å². The molecule has 6 aromatic rings. The minimum Gasteiger partial charge on any atom is -0.359 e. The van der Waals surface area contributed by atoms with E-state index in [0.717, 1.165) is 33.4 Å². The Morgan fingerprint density at radius 3 is 1.03 bits per heavy atom. The lowest BCUT2D eigenvalue weighted by atomic mass is 9.88. The summed E-state index contributed by atoms with van der Waals surface area (Å²) < 4.78 is 81.6. The van der Waals surface area contributed by atoms with E-state index < -0.39 is 0 Å². The zero-order valence-electron chi connectivity index (χ0n) is 32.0. The molecule has 0 fully saturated rings. The second-order valence-electron chi connectivity index (χ2n) is 13.5. The normalized spacial score (nSPS) is 10.9. The number of halogens is 7. The molecule has 0 aliphatic heterocycles. The van der Waals surface area contributed by atoms with E-state index in [2.05, 4.69) is 5.32 Å². The summed E-state index contributed by atoms with van der Waals surface area (Å²) in [6.45, 7) is 1.54. The van der Waals surface area contributed by atoms with Crippen molar-refractivity contribution in [2.75, 3.05) is 26.7 Å². The van der Waals surface area contributed by atoms with Crippen LogP contribution in [0.25, 0.3) is 0 Å². The number of amides is 1. The first-order chi connectivity index (χ1) is 28.0. The molecule has 0 saturated heterocycles. The molecule has 0 saturated carbocycles. The first-order valence-corrected chi connectivity index (χ1v) is 19.1. The van der Waals surface area contributed by atoms with Gasteiger partial charge in [-0.3, -0.25) is 4.79 Å². The van der Waals surface area contributed by atoms with Crippen LogP contribution >= 0.6 is 11.8 Å². The fourth-order valence-electron chi connectivity index (χ4n) is 6.68. The number of hydrogen-bond acceptors (Lipinski definition) is 3. The van der Waals surface area contributed by atoms with Crippen molar-refractivity contribution in [3.8, 4) is 0 Å². The quantitative estimate of drug-likeness (QED) is 0.0470. The predicted octanol–water partition coefficient (Wildman–Crippen LogP) is 11.3. The van der Waals surface area contributed by atoms with Gasteiger partial charge in [0.05, 0.1) is 0 Å². The smallest absolute Gasteiger partial charge is 0.207 e. The molecule has 0 aliphatic rings. The number of nitrogens with two attached hydrogens (primary N) is 1. The third-order valence-electron chi connectivity index (χ3n) is 9.35. The van der Waals surface area contributed by atoms with Crippen molar-refractivity contribution in [3.05, 3.63) is 214 Å². The zero-order chi connectivity index (χ0) is 41.9. The van der Waals surface area contributed by atoms with Gasteiger partial charge in [-0.2, -0.15) is 0 Å². The van der Waals surface area contributed by atoms with E-state index in [-0.39, 0.29) is 52.7 Å². The van der Waals surface area contributed by atoms with Crippen LogP contribution in [-0.4, -0.2) is 37.5 Å². The van der Waals surface area contributed by atoms with Gasteiger partial charge >= 0.3 is 0 Å². The Kier molecular flexibility index (Phi) is 18.5. The first kappa shape index (κ1) is 45.3. The van der Waals surface area contributed by atoms with Gasteiger partial charge in [-0.05, 0) is 144 Å². The summed E-state index contributed by atoms with van der Waals surface area (Å²) in [6.07, 6.45) is 2.54. The Balaban J connectivity index is 0.000000193. The molecule has 0 bridgehead atoms. The van der Waals surface area contributed by atoms with Crippen molar-refractivity contribution in [1.82, 2.24) is 9.74 Å². The first-order valence-electron chi connectivity index (χ1n) is 18.7. The molecule has 0 heterocycles. The molecule has 6 aromatic carbocycles. The highest BCUT2D eigenvalue weighted by Crippen LogP contribution is 2.31. The fraction of sp³-hybridized carbons (Fsp3) is 0.213. The average Bonchev–Trinajstić information content (AvgIpc) is 3.19. The molecule has 11 heteroatoms. The van der Waals surface area contributed by atoms with Crippen LogP contribution in [0.3, 0.4) is 0 Å². The zero-order valence-corrected chi connectivity index (χ0v) is 32.7. The van der Waals surface area contributed by atoms with E-state index in [9.17, 15) is 31.1 Å². The number of rotatable bonds is 15. The summed E-state index contributed by atoms with van der Waals surface area (Å²) in [5.74, 6) is -2.11. The number of carbonyl (C=O) groups excluding carboxylic acids is 1. The summed E-state index contributed by atoms with van der Waals surface area (Å²) in [7, 11) is 1.76. The van der Waals surface area contributed by atoms with E-state index in [1.54, 1.807) is 60.0 Å². The lowest BCUT2D eigenvalue weighted by Crippen LogP contribution is -2.16. The number of carbonyl (C=O) groups is 1. The summed E-state index contributed by atoms with van der Waals surface area (Å²) in [5, 5.41) is 2.58. The van der Waals surface area contributed by atoms with Crippen LogP contribution in [0.4, 0.5) is 26.3 Å². The molecule has 304 valence electrons. The molecule has 1 amide bonds. The molecule has 0 aliphatic carbocycles. The minimum absolute atomic E-state index is 0.0681. The Morgan fingerprint density at radius 2 is 0.793 bits per heavy atom. The van der Waals surface area contributed by atoms with E-state index >= 15 is 0 Å². The van der Waals surface area contributed by atoms with Gasteiger partial charge in [0.1, 0.15) is 34.9 Å². The summed E-state index contributed by atoms with van der Waals surface area (Å²) in [4.78, 5) is 10.3. The van der Waals surface area contributed by atoms with Crippen molar-refractivity contribution in [1.29, 1.82) is 0 Å². The highest BCUT2D eigenvalue weighted by molar-refractivity contribution is 6.13. The van der Waals surface area contributed by atoms with Gasteiger partial charge in [0, 0.05) is 37.9 Å². The second kappa shape index (κ2) is 23.7. The molecule has 4 nitrogen and oxygen atoms in total. The highest BCUT2D eigenvalue weighted by atomic mass is 35.5. The molecular formula is C47H46ClF6N3O. The maximum Gasteiger partial charge on any atom is 0.207 e. The van der Waals surface area contributed by atoms with Crippen molar-refractivity contribution in [3.63, 3.8) is 0 Å². The van der Waals surface area contributed by atoms with Crippen LogP contribution in [-0.2, 0) is 4.79 Å². The van der Waals surface area contributed by atoms with Crippen LogP contribution in [0, 0.1) is 34.9 Å². The lowest BCUT2D eigenvalue weighted by Gasteiger charge is -2.19. The van der Waals surface area contributed by atoms with Crippen molar-refractivity contribution in [2.24, 2.45) is 5.73 Å². The van der Waals surface area contributed by atoms with Gasteiger partial charge in [-0.1, -0.05) is 72.8 Å². The van der Waals surface area contributed by atoms with Gasteiger partial charge in [0.15, 0.2) is 0 Å². The van der Waals surface area contributed by atoms with E-state index in [0.29, 0.717) is 45.3 Å². The summed E-state index contributed by atoms with van der Waals surface area (Å²) in [5.41, 5.74) is 10.4. The average molecular weight is 818 g/mol. The SMILES string of the molecule is CN(Cl)CCC(c1cccc(F)c1)c1cccc(F)c1.NCCC(c1cccc(F)c1)c1cccc(F)c1.O=CNCCC(c1cccc(F)c1)c1cccc(F)c1. The fourth-order valence-corrected chi connectivity index (χ4v) is 6.78. The maximum absolute atomic E-state index is 13.4. The van der Waals surface area contributed by atoms with Crippen LogP contribution in [0.2, 0.25) is 0 Å². The molecule has 3 N–H and O–H groups in total. The number of nitrogens with zero attached hydrogens (tertiary/aromatic N) is 1. The van der Waals surface area contributed by atoms with Gasteiger partial charge < -0.3 is 11.1 Å². The molecular weight excluding hydrogens is 772 g/mol. The molecule has 0 aromatic heterocycles. The van der Waals surface area contributed by atoms with Gasteiger partial charge in [0.25, 0.3) is 0 Å².